The zero-order valence-corrected chi connectivity index (χ0v) is 14.4. The molecule has 0 aliphatic carbocycles. The van der Waals surface area contributed by atoms with Gasteiger partial charge in [-0.2, -0.15) is 0 Å². The largest absolute Gasteiger partial charge is 0.445 e. The molecule has 2 amide bonds. The van der Waals surface area contributed by atoms with Crippen LogP contribution in [0.15, 0.2) is 30.3 Å². The van der Waals surface area contributed by atoms with Crippen LogP contribution in [0.3, 0.4) is 0 Å². The Morgan fingerprint density at radius 3 is 2.71 bits per heavy atom. The number of likely N-dealkylation sites (tertiary alicyclic amines) is 1. The number of benzene rings is 1. The van der Waals surface area contributed by atoms with Crippen LogP contribution in [0.25, 0.3) is 0 Å². The number of ether oxygens (including phenoxy) is 1. The summed E-state index contributed by atoms with van der Waals surface area (Å²) in [6.45, 7) is 2.40. The first-order chi connectivity index (χ1) is 11.5. The molecule has 1 unspecified atom stereocenters. The zero-order valence-electron chi connectivity index (χ0n) is 13.6. The maximum Gasteiger partial charge on any atom is 0.410 e. The van der Waals surface area contributed by atoms with Gasteiger partial charge in [-0.05, 0) is 12.0 Å². The van der Waals surface area contributed by atoms with Crippen LogP contribution in [0.1, 0.15) is 18.9 Å². The van der Waals surface area contributed by atoms with Crippen molar-refractivity contribution in [2.75, 3.05) is 13.7 Å². The van der Waals surface area contributed by atoms with E-state index in [0.717, 1.165) is 5.56 Å². The van der Waals surface area contributed by atoms with Crippen molar-refractivity contribution in [3.05, 3.63) is 35.9 Å². The van der Waals surface area contributed by atoms with Crippen LogP contribution in [0, 0.1) is 5.92 Å². The van der Waals surface area contributed by atoms with E-state index in [9.17, 15) is 13.8 Å². The van der Waals surface area contributed by atoms with Crippen molar-refractivity contribution < 1.29 is 22.7 Å². The topological polar surface area (TPSA) is 76.2 Å². The number of amides is 2. The molecule has 0 bridgehead atoms. The van der Waals surface area contributed by atoms with E-state index in [-0.39, 0.29) is 24.6 Å². The van der Waals surface area contributed by atoms with Gasteiger partial charge in [0.2, 0.25) is 5.91 Å². The Labute approximate surface area is 143 Å². The molecule has 2 aliphatic heterocycles. The van der Waals surface area contributed by atoms with Gasteiger partial charge in [-0.15, -0.1) is 0 Å². The highest BCUT2D eigenvalue weighted by Gasteiger charge is 2.55. The molecule has 0 radical (unpaired) electrons. The third-order valence-corrected chi connectivity index (χ3v) is 5.64. The fourth-order valence-electron chi connectivity index (χ4n) is 3.45. The van der Waals surface area contributed by atoms with E-state index in [1.165, 1.54) is 11.4 Å². The fourth-order valence-corrected chi connectivity index (χ4v) is 4.37. The summed E-state index contributed by atoms with van der Waals surface area (Å²) in [5.41, 5.74) is 0.902. The van der Waals surface area contributed by atoms with Crippen molar-refractivity contribution in [3.8, 4) is 0 Å². The SMILES string of the molecule is COS(=O)N1C(=O)[C@@H](C)[C@@H]2[C@@H]1CCN2C(=O)OCc1ccccc1. The first kappa shape index (κ1) is 16.9. The van der Waals surface area contributed by atoms with Crippen LogP contribution >= 0.6 is 0 Å². The first-order valence-electron chi connectivity index (χ1n) is 7.81. The summed E-state index contributed by atoms with van der Waals surface area (Å²) in [7, 11) is 1.29. The molecular formula is C16H20N2O5S. The van der Waals surface area contributed by atoms with Crippen molar-refractivity contribution in [2.24, 2.45) is 5.92 Å². The van der Waals surface area contributed by atoms with Crippen molar-refractivity contribution in [2.45, 2.75) is 32.0 Å². The second-order valence-electron chi connectivity index (χ2n) is 5.92. The smallest absolute Gasteiger partial charge is 0.410 e. The predicted octanol–water partition coefficient (Wildman–Crippen LogP) is 1.47. The quantitative estimate of drug-likeness (QED) is 0.820. The van der Waals surface area contributed by atoms with Gasteiger partial charge in [0.05, 0.1) is 25.1 Å². The standard InChI is InChI=1S/C16H20N2O5S/c1-11-14-13(18(15(11)19)24(21)22-2)8-9-17(14)16(20)23-10-12-6-4-3-5-7-12/h3-7,11,13-14H,8-10H2,1-2H3/t11-,13-,14+,24?/m0/s1. The fraction of sp³-hybridized carbons (Fsp3) is 0.500. The van der Waals surface area contributed by atoms with Gasteiger partial charge < -0.3 is 9.64 Å². The molecule has 2 saturated heterocycles. The van der Waals surface area contributed by atoms with Crippen LogP contribution in [0.5, 0.6) is 0 Å². The second kappa shape index (κ2) is 6.90. The molecule has 1 aromatic rings. The van der Waals surface area contributed by atoms with E-state index in [2.05, 4.69) is 0 Å². The van der Waals surface area contributed by atoms with Crippen LogP contribution < -0.4 is 0 Å². The normalized spacial score (nSPS) is 27.2. The molecule has 1 aromatic carbocycles. The van der Waals surface area contributed by atoms with E-state index in [0.29, 0.717) is 13.0 Å². The first-order valence-corrected chi connectivity index (χ1v) is 8.84. The molecule has 3 rings (SSSR count). The Balaban J connectivity index is 1.69. The zero-order chi connectivity index (χ0) is 17.3. The minimum atomic E-state index is -1.82. The lowest BCUT2D eigenvalue weighted by molar-refractivity contribution is -0.127. The molecule has 8 heteroatoms. The van der Waals surface area contributed by atoms with Crippen LogP contribution in [-0.4, -0.2) is 51.2 Å². The highest BCUT2D eigenvalue weighted by Crippen LogP contribution is 2.37. The van der Waals surface area contributed by atoms with Crippen molar-refractivity contribution in [1.82, 2.24) is 9.21 Å². The van der Waals surface area contributed by atoms with Gasteiger partial charge in [0.15, 0.2) is 0 Å². The number of hydrogen-bond donors (Lipinski definition) is 0. The second-order valence-corrected chi connectivity index (χ2v) is 7.08. The van der Waals surface area contributed by atoms with Gasteiger partial charge in [-0.1, -0.05) is 37.3 Å². The van der Waals surface area contributed by atoms with Gasteiger partial charge >= 0.3 is 6.09 Å². The average Bonchev–Trinajstić information content (AvgIpc) is 3.13. The molecule has 4 atom stereocenters. The predicted molar refractivity (Wildman–Crippen MR) is 86.7 cm³/mol. The molecule has 7 nitrogen and oxygen atoms in total. The van der Waals surface area contributed by atoms with Crippen molar-refractivity contribution >= 4 is 23.3 Å². The molecule has 0 saturated carbocycles. The molecule has 130 valence electrons. The number of rotatable bonds is 4. The Kier molecular flexibility index (Phi) is 4.86. The summed E-state index contributed by atoms with van der Waals surface area (Å²) >= 11 is -1.82. The summed E-state index contributed by atoms with van der Waals surface area (Å²) in [5.74, 6) is -0.688. The maximum atomic E-state index is 12.4. The Morgan fingerprint density at radius 2 is 2.04 bits per heavy atom. The van der Waals surface area contributed by atoms with E-state index in [4.69, 9.17) is 8.92 Å². The number of carbonyl (C=O) groups is 2. The molecule has 2 fully saturated rings. The molecule has 0 N–H and O–H groups in total. The van der Waals surface area contributed by atoms with Gasteiger partial charge in [0, 0.05) is 6.54 Å². The highest BCUT2D eigenvalue weighted by molar-refractivity contribution is 7.78. The third kappa shape index (κ3) is 2.91. The molecule has 2 aliphatic rings. The van der Waals surface area contributed by atoms with Gasteiger partial charge in [0.1, 0.15) is 6.61 Å². The average molecular weight is 352 g/mol. The van der Waals surface area contributed by atoms with Crippen molar-refractivity contribution in [3.63, 3.8) is 0 Å². The third-order valence-electron chi connectivity index (χ3n) is 4.58. The number of hydrogen-bond acceptors (Lipinski definition) is 5. The lowest BCUT2D eigenvalue weighted by Crippen LogP contribution is -2.42. The van der Waals surface area contributed by atoms with Crippen molar-refractivity contribution in [1.29, 1.82) is 0 Å². The summed E-state index contributed by atoms with van der Waals surface area (Å²) in [4.78, 5) is 26.3. The number of carbonyl (C=O) groups excluding carboxylic acids is 2. The lowest BCUT2D eigenvalue weighted by atomic mass is 10.0. The van der Waals surface area contributed by atoms with Crippen LogP contribution in [0.4, 0.5) is 4.79 Å². The van der Waals surface area contributed by atoms with Gasteiger partial charge in [-0.25, -0.2) is 13.3 Å². The van der Waals surface area contributed by atoms with E-state index < -0.39 is 23.3 Å². The lowest BCUT2D eigenvalue weighted by Gasteiger charge is -2.25. The summed E-state index contributed by atoms with van der Waals surface area (Å²) in [6.07, 6.45) is 0.118. The minimum Gasteiger partial charge on any atom is -0.445 e. The monoisotopic (exact) mass is 352 g/mol. The molecule has 2 heterocycles. The minimum absolute atomic E-state index is 0.184. The van der Waals surface area contributed by atoms with E-state index in [1.807, 2.05) is 30.3 Å². The Bertz CT molecular complexity index is 653. The number of nitrogens with zero attached hydrogens (tertiary/aromatic N) is 2. The Hall–Kier alpha value is -1.93. The van der Waals surface area contributed by atoms with Crippen LogP contribution in [0.2, 0.25) is 0 Å². The van der Waals surface area contributed by atoms with E-state index >= 15 is 0 Å². The highest BCUT2D eigenvalue weighted by atomic mass is 32.2. The molecular weight excluding hydrogens is 332 g/mol. The van der Waals surface area contributed by atoms with Gasteiger partial charge in [0.25, 0.3) is 11.3 Å². The maximum absolute atomic E-state index is 12.4. The molecule has 0 spiro atoms. The van der Waals surface area contributed by atoms with Crippen LogP contribution in [-0.2, 0) is 31.6 Å². The van der Waals surface area contributed by atoms with E-state index in [1.54, 1.807) is 11.8 Å². The molecule has 0 aromatic heterocycles. The summed E-state index contributed by atoms with van der Waals surface area (Å²) < 4.78 is 23.4. The molecule has 24 heavy (non-hydrogen) atoms. The van der Waals surface area contributed by atoms with Gasteiger partial charge in [-0.3, -0.25) is 8.98 Å². The number of fused-ring (bicyclic) bond motifs is 1. The summed E-state index contributed by atoms with van der Waals surface area (Å²) in [5, 5.41) is 0. The summed E-state index contributed by atoms with van der Waals surface area (Å²) in [6, 6.07) is 8.79. The Morgan fingerprint density at radius 1 is 1.33 bits per heavy atom.